The zero-order valence-electron chi connectivity index (χ0n) is 13.3. The van der Waals surface area contributed by atoms with E-state index in [1.807, 2.05) is 6.92 Å². The molecule has 0 radical (unpaired) electrons. The third-order valence-corrected chi connectivity index (χ3v) is 3.35. The van der Waals surface area contributed by atoms with Crippen molar-refractivity contribution in [1.82, 2.24) is 15.3 Å². The summed E-state index contributed by atoms with van der Waals surface area (Å²) in [7, 11) is 0. The lowest BCUT2D eigenvalue weighted by Gasteiger charge is -2.12. The third-order valence-electron chi connectivity index (χ3n) is 3.35. The highest BCUT2D eigenvalue weighted by atomic mass is 16.5. The lowest BCUT2D eigenvalue weighted by atomic mass is 10.0. The summed E-state index contributed by atoms with van der Waals surface area (Å²) in [5.41, 5.74) is 0.386. The number of carboxylic acids is 1. The van der Waals surface area contributed by atoms with E-state index < -0.39 is 11.9 Å². The first-order valence-electron chi connectivity index (χ1n) is 7.65. The van der Waals surface area contributed by atoms with E-state index in [9.17, 15) is 9.59 Å². The molecule has 1 heterocycles. The molecule has 0 saturated heterocycles. The van der Waals surface area contributed by atoms with Gasteiger partial charge in [-0.15, -0.1) is 0 Å². The summed E-state index contributed by atoms with van der Waals surface area (Å²) in [5.74, 6) is -1.06. The van der Waals surface area contributed by atoms with Crippen LogP contribution in [-0.4, -0.2) is 33.5 Å². The average Bonchev–Trinajstić information content (AvgIpc) is 2.59. The average molecular weight is 329 g/mol. The van der Waals surface area contributed by atoms with Crippen LogP contribution in [0.15, 0.2) is 42.9 Å². The molecule has 0 saturated carbocycles. The topological polar surface area (TPSA) is 101 Å². The minimum atomic E-state index is -0.906. The molecule has 2 aromatic rings. The monoisotopic (exact) mass is 329 g/mol. The largest absolute Gasteiger partial charge is 0.481 e. The zero-order chi connectivity index (χ0) is 17.4. The number of ether oxygens (including phenoxy) is 1. The van der Waals surface area contributed by atoms with E-state index in [1.165, 1.54) is 18.6 Å². The van der Waals surface area contributed by atoms with E-state index in [0.29, 0.717) is 23.6 Å². The second-order valence-electron chi connectivity index (χ2n) is 5.21. The van der Waals surface area contributed by atoms with Crippen molar-refractivity contribution < 1.29 is 19.4 Å². The Labute approximate surface area is 139 Å². The number of aliphatic carboxylic acids is 1. The maximum atomic E-state index is 12.2. The van der Waals surface area contributed by atoms with Crippen LogP contribution in [0.4, 0.5) is 0 Å². The summed E-state index contributed by atoms with van der Waals surface area (Å²) in [5, 5.41) is 11.8. The molecule has 0 aliphatic carbocycles. The van der Waals surface area contributed by atoms with E-state index >= 15 is 0 Å². The van der Waals surface area contributed by atoms with Gasteiger partial charge in [0.25, 0.3) is 5.91 Å². The molecule has 1 unspecified atom stereocenters. The number of nitrogens with zero attached hydrogens (tertiary/aromatic N) is 2. The number of carbonyl (C=O) groups is 2. The van der Waals surface area contributed by atoms with E-state index in [2.05, 4.69) is 15.3 Å². The van der Waals surface area contributed by atoms with Crippen LogP contribution in [0.3, 0.4) is 0 Å². The van der Waals surface area contributed by atoms with Crippen molar-refractivity contribution >= 4 is 11.9 Å². The van der Waals surface area contributed by atoms with Gasteiger partial charge in [-0.2, -0.15) is 0 Å². The number of hydrogen-bond donors (Lipinski definition) is 2. The predicted octanol–water partition coefficient (Wildman–Crippen LogP) is 2.50. The Hall–Kier alpha value is -2.96. The summed E-state index contributed by atoms with van der Waals surface area (Å²) in [6.07, 6.45) is 5.77. The van der Waals surface area contributed by atoms with Gasteiger partial charge in [-0.05, 0) is 24.6 Å². The molecule has 2 rings (SSSR count). The molecule has 1 aromatic heterocycles. The van der Waals surface area contributed by atoms with Gasteiger partial charge in [0.2, 0.25) is 5.88 Å². The molecule has 1 atom stereocenters. The van der Waals surface area contributed by atoms with Gasteiger partial charge in [-0.3, -0.25) is 14.6 Å². The lowest BCUT2D eigenvalue weighted by Crippen LogP contribution is -2.32. The standard InChI is InChI=1S/C17H19N3O4/c1-2-4-13(17(22)23)10-20-16(21)12-5-3-6-14(9-12)24-15-11-18-7-8-19-15/h3,5-9,11,13H,2,4,10H2,1H3,(H,20,21)(H,22,23). The molecular weight excluding hydrogens is 310 g/mol. The second-order valence-corrected chi connectivity index (χ2v) is 5.21. The molecule has 1 amide bonds. The Balaban J connectivity index is 1.99. The van der Waals surface area contributed by atoms with Crippen molar-refractivity contribution in [3.8, 4) is 11.6 Å². The Morgan fingerprint density at radius 2 is 2.17 bits per heavy atom. The third kappa shape index (κ3) is 5.05. The SMILES string of the molecule is CCCC(CNC(=O)c1cccc(Oc2cnccn2)c1)C(=O)O. The highest BCUT2D eigenvalue weighted by Gasteiger charge is 2.17. The van der Waals surface area contributed by atoms with Crippen LogP contribution in [0.5, 0.6) is 11.6 Å². The molecule has 0 aliphatic heterocycles. The van der Waals surface area contributed by atoms with Crippen LogP contribution in [0.25, 0.3) is 0 Å². The van der Waals surface area contributed by atoms with Crippen molar-refractivity contribution in [3.05, 3.63) is 48.4 Å². The van der Waals surface area contributed by atoms with Crippen molar-refractivity contribution in [2.75, 3.05) is 6.54 Å². The summed E-state index contributed by atoms with van der Waals surface area (Å²) in [6.45, 7) is 2.00. The number of hydrogen-bond acceptors (Lipinski definition) is 5. The minimum Gasteiger partial charge on any atom is -0.481 e. The van der Waals surface area contributed by atoms with Gasteiger partial charge >= 0.3 is 5.97 Å². The molecule has 0 bridgehead atoms. The fourth-order valence-corrected chi connectivity index (χ4v) is 2.14. The van der Waals surface area contributed by atoms with Crippen LogP contribution >= 0.6 is 0 Å². The van der Waals surface area contributed by atoms with Crippen molar-refractivity contribution in [2.45, 2.75) is 19.8 Å². The number of aromatic nitrogens is 2. The zero-order valence-corrected chi connectivity index (χ0v) is 13.3. The van der Waals surface area contributed by atoms with Crippen molar-refractivity contribution in [3.63, 3.8) is 0 Å². The van der Waals surface area contributed by atoms with Gasteiger partial charge < -0.3 is 15.2 Å². The van der Waals surface area contributed by atoms with E-state index in [1.54, 1.807) is 24.3 Å². The first-order valence-corrected chi connectivity index (χ1v) is 7.65. The van der Waals surface area contributed by atoms with Gasteiger partial charge in [-0.25, -0.2) is 4.98 Å². The number of rotatable bonds is 8. The van der Waals surface area contributed by atoms with Gasteiger partial charge in [0.05, 0.1) is 12.1 Å². The number of nitrogens with one attached hydrogen (secondary N) is 1. The maximum Gasteiger partial charge on any atom is 0.308 e. The van der Waals surface area contributed by atoms with Crippen LogP contribution < -0.4 is 10.1 Å². The summed E-state index contributed by atoms with van der Waals surface area (Å²) in [6, 6.07) is 6.58. The Bertz CT molecular complexity index is 691. The molecule has 0 spiro atoms. The van der Waals surface area contributed by atoms with E-state index in [0.717, 1.165) is 6.42 Å². The number of carbonyl (C=O) groups excluding carboxylic acids is 1. The molecule has 126 valence electrons. The van der Waals surface area contributed by atoms with Crippen LogP contribution in [-0.2, 0) is 4.79 Å². The second kappa shape index (κ2) is 8.61. The highest BCUT2D eigenvalue weighted by Crippen LogP contribution is 2.19. The van der Waals surface area contributed by atoms with Gasteiger partial charge in [0.15, 0.2) is 0 Å². The Morgan fingerprint density at radius 1 is 1.33 bits per heavy atom. The minimum absolute atomic E-state index is 0.0945. The number of amides is 1. The highest BCUT2D eigenvalue weighted by molar-refractivity contribution is 5.94. The van der Waals surface area contributed by atoms with Crippen LogP contribution in [0.2, 0.25) is 0 Å². The molecule has 24 heavy (non-hydrogen) atoms. The predicted molar refractivity (Wildman–Crippen MR) is 86.9 cm³/mol. The molecule has 2 N–H and O–H groups in total. The normalized spacial score (nSPS) is 11.5. The fraction of sp³-hybridized carbons (Fsp3) is 0.294. The number of carboxylic acid groups (broad SMARTS) is 1. The van der Waals surface area contributed by atoms with Gasteiger partial charge in [0.1, 0.15) is 5.75 Å². The summed E-state index contributed by atoms with van der Waals surface area (Å²) in [4.78, 5) is 31.2. The molecule has 7 heteroatoms. The van der Waals surface area contributed by atoms with E-state index in [4.69, 9.17) is 9.84 Å². The summed E-state index contributed by atoms with van der Waals surface area (Å²) >= 11 is 0. The first kappa shape index (κ1) is 17.4. The Kier molecular flexibility index (Phi) is 6.24. The van der Waals surface area contributed by atoms with Gasteiger partial charge in [0, 0.05) is 24.5 Å². The first-order chi connectivity index (χ1) is 11.6. The Morgan fingerprint density at radius 3 is 2.83 bits per heavy atom. The maximum absolute atomic E-state index is 12.2. The van der Waals surface area contributed by atoms with Crippen molar-refractivity contribution in [1.29, 1.82) is 0 Å². The van der Waals surface area contributed by atoms with Crippen LogP contribution in [0, 0.1) is 5.92 Å². The number of benzene rings is 1. The lowest BCUT2D eigenvalue weighted by molar-refractivity contribution is -0.141. The van der Waals surface area contributed by atoms with E-state index in [-0.39, 0.29) is 12.5 Å². The van der Waals surface area contributed by atoms with Crippen LogP contribution in [0.1, 0.15) is 30.1 Å². The smallest absolute Gasteiger partial charge is 0.308 e. The van der Waals surface area contributed by atoms with Crippen molar-refractivity contribution in [2.24, 2.45) is 5.92 Å². The quantitative estimate of drug-likeness (QED) is 0.771. The fourth-order valence-electron chi connectivity index (χ4n) is 2.14. The molecular formula is C17H19N3O4. The molecule has 0 aliphatic rings. The molecule has 1 aromatic carbocycles. The molecule has 0 fully saturated rings. The molecule has 7 nitrogen and oxygen atoms in total. The van der Waals surface area contributed by atoms with Gasteiger partial charge in [-0.1, -0.05) is 19.4 Å². The summed E-state index contributed by atoms with van der Waals surface area (Å²) < 4.78 is 5.52.